The highest BCUT2D eigenvalue weighted by Gasteiger charge is 2.28. The Morgan fingerprint density at radius 1 is 1.33 bits per heavy atom. The molecule has 0 saturated heterocycles. The van der Waals surface area contributed by atoms with E-state index in [4.69, 9.17) is 11.6 Å². The number of rotatable bonds is 5. The summed E-state index contributed by atoms with van der Waals surface area (Å²) in [4.78, 5) is -0.420. The molecular formula is C14H22ClFN2O2S. The first-order valence-electron chi connectivity index (χ1n) is 6.64. The van der Waals surface area contributed by atoms with E-state index in [0.717, 1.165) is 6.07 Å². The Labute approximate surface area is 131 Å². The monoisotopic (exact) mass is 336 g/mol. The van der Waals surface area contributed by atoms with Crippen molar-refractivity contribution >= 4 is 21.6 Å². The van der Waals surface area contributed by atoms with Crippen LogP contribution in [0.4, 0.5) is 4.39 Å². The number of benzene rings is 1. The highest BCUT2D eigenvalue weighted by Crippen LogP contribution is 2.26. The van der Waals surface area contributed by atoms with Crippen LogP contribution in [0.25, 0.3) is 0 Å². The molecule has 0 spiro atoms. The van der Waals surface area contributed by atoms with Gasteiger partial charge in [-0.25, -0.2) is 17.5 Å². The second-order valence-corrected chi connectivity index (χ2v) is 8.24. The molecule has 120 valence electrons. The zero-order chi connectivity index (χ0) is 16.4. The van der Waals surface area contributed by atoms with Gasteiger partial charge in [0.05, 0.1) is 0 Å². The van der Waals surface area contributed by atoms with Crippen LogP contribution in [0.15, 0.2) is 17.0 Å². The van der Waals surface area contributed by atoms with Crippen molar-refractivity contribution in [3.8, 4) is 0 Å². The summed E-state index contributed by atoms with van der Waals surface area (Å²) in [5, 5.41) is 2.97. The van der Waals surface area contributed by atoms with Crippen molar-refractivity contribution < 1.29 is 12.8 Å². The Balaban J connectivity index is 3.26. The molecular weight excluding hydrogens is 315 g/mol. The second kappa shape index (κ2) is 6.60. The van der Waals surface area contributed by atoms with Crippen molar-refractivity contribution in [2.45, 2.75) is 45.2 Å². The van der Waals surface area contributed by atoms with Gasteiger partial charge in [0.2, 0.25) is 10.0 Å². The summed E-state index contributed by atoms with van der Waals surface area (Å²) >= 11 is 5.90. The first-order valence-corrected chi connectivity index (χ1v) is 8.50. The summed E-state index contributed by atoms with van der Waals surface area (Å²) < 4.78 is 41.6. The first kappa shape index (κ1) is 18.4. The molecule has 1 aromatic rings. The van der Waals surface area contributed by atoms with Gasteiger partial charge in [0.25, 0.3) is 0 Å². The predicted octanol–water partition coefficient (Wildman–Crippen LogP) is 2.91. The molecule has 0 aliphatic heterocycles. The lowest BCUT2D eigenvalue weighted by Crippen LogP contribution is -2.41. The van der Waals surface area contributed by atoms with E-state index in [1.807, 2.05) is 20.8 Å². The molecule has 4 nitrogen and oxygen atoms in total. The van der Waals surface area contributed by atoms with Gasteiger partial charge in [-0.15, -0.1) is 0 Å². The van der Waals surface area contributed by atoms with Gasteiger partial charge in [0, 0.05) is 23.2 Å². The van der Waals surface area contributed by atoms with Crippen molar-refractivity contribution in [3.63, 3.8) is 0 Å². The third kappa shape index (κ3) is 4.64. The number of halogens is 2. The van der Waals surface area contributed by atoms with Crippen LogP contribution in [0.3, 0.4) is 0 Å². The van der Waals surface area contributed by atoms with Crippen LogP contribution in [-0.2, 0) is 16.6 Å². The Morgan fingerprint density at radius 3 is 2.38 bits per heavy atom. The lowest BCUT2D eigenvalue weighted by molar-refractivity contribution is 0.317. The molecule has 1 unspecified atom stereocenters. The lowest BCUT2D eigenvalue weighted by atomic mass is 9.89. The Kier molecular flexibility index (Phi) is 5.77. The number of nitrogens with one attached hydrogen (secondary N) is 2. The molecule has 0 heterocycles. The van der Waals surface area contributed by atoms with E-state index in [9.17, 15) is 12.8 Å². The number of sulfonamides is 1. The molecule has 0 aliphatic carbocycles. The summed E-state index contributed by atoms with van der Waals surface area (Å²) in [7, 11) is -2.33. The smallest absolute Gasteiger partial charge is 0.243 e. The normalized spacial score (nSPS) is 14.2. The van der Waals surface area contributed by atoms with E-state index in [1.54, 1.807) is 14.0 Å². The minimum absolute atomic E-state index is 0.186. The third-order valence-electron chi connectivity index (χ3n) is 3.37. The van der Waals surface area contributed by atoms with Crippen molar-refractivity contribution in [2.24, 2.45) is 5.41 Å². The van der Waals surface area contributed by atoms with E-state index in [0.29, 0.717) is 0 Å². The Morgan fingerprint density at radius 2 is 1.90 bits per heavy atom. The topological polar surface area (TPSA) is 58.2 Å². The largest absolute Gasteiger partial charge is 0.316 e. The van der Waals surface area contributed by atoms with E-state index >= 15 is 0 Å². The molecule has 0 bridgehead atoms. The van der Waals surface area contributed by atoms with Crippen LogP contribution in [0, 0.1) is 11.2 Å². The Hall–Kier alpha value is -0.690. The minimum Gasteiger partial charge on any atom is -0.316 e. The van der Waals surface area contributed by atoms with Crippen LogP contribution >= 0.6 is 11.6 Å². The molecule has 21 heavy (non-hydrogen) atoms. The average Bonchev–Trinajstić information content (AvgIpc) is 2.31. The van der Waals surface area contributed by atoms with Gasteiger partial charge < -0.3 is 5.32 Å². The molecule has 0 amide bonds. The maximum Gasteiger partial charge on any atom is 0.243 e. The molecule has 2 N–H and O–H groups in total. The van der Waals surface area contributed by atoms with Gasteiger partial charge >= 0.3 is 0 Å². The fourth-order valence-electron chi connectivity index (χ4n) is 1.61. The van der Waals surface area contributed by atoms with Crippen LogP contribution < -0.4 is 10.0 Å². The summed E-state index contributed by atoms with van der Waals surface area (Å²) in [6, 6.07) is 2.20. The zero-order valence-electron chi connectivity index (χ0n) is 12.9. The fraction of sp³-hybridized carbons (Fsp3) is 0.571. The summed E-state index contributed by atoms with van der Waals surface area (Å²) in [5.41, 5.74) is -0.0654. The molecule has 1 atom stereocenters. The standard InChI is InChI=1S/C14H22ClFN2O2S/c1-9(14(2,3)4)18-21(19,20)12-7-11(15)6-10(8-17-5)13(12)16/h6-7,9,17-18H,8H2,1-5H3. The van der Waals surface area contributed by atoms with Crippen molar-refractivity contribution in [1.29, 1.82) is 0 Å². The van der Waals surface area contributed by atoms with Gasteiger partial charge in [-0.1, -0.05) is 32.4 Å². The van der Waals surface area contributed by atoms with Crippen LogP contribution in [0.5, 0.6) is 0 Å². The summed E-state index contributed by atoms with van der Waals surface area (Å²) in [6.07, 6.45) is 0. The third-order valence-corrected chi connectivity index (χ3v) is 5.13. The van der Waals surface area contributed by atoms with Crippen molar-refractivity contribution in [3.05, 3.63) is 28.5 Å². The van der Waals surface area contributed by atoms with E-state index in [-0.39, 0.29) is 28.6 Å². The zero-order valence-corrected chi connectivity index (χ0v) is 14.5. The van der Waals surface area contributed by atoms with Crippen molar-refractivity contribution in [1.82, 2.24) is 10.0 Å². The molecule has 0 aromatic heterocycles. The van der Waals surface area contributed by atoms with Gasteiger partial charge in [-0.05, 0) is 31.5 Å². The van der Waals surface area contributed by atoms with Gasteiger partial charge in [0.15, 0.2) is 0 Å². The highest BCUT2D eigenvalue weighted by atomic mass is 35.5. The molecule has 1 rings (SSSR count). The molecule has 0 fully saturated rings. The molecule has 0 saturated carbocycles. The maximum absolute atomic E-state index is 14.4. The molecule has 7 heteroatoms. The van der Waals surface area contributed by atoms with Crippen LogP contribution in [-0.4, -0.2) is 21.5 Å². The predicted molar refractivity (Wildman–Crippen MR) is 83.4 cm³/mol. The SMILES string of the molecule is CNCc1cc(Cl)cc(S(=O)(=O)NC(C)C(C)(C)C)c1F. The van der Waals surface area contributed by atoms with E-state index < -0.39 is 20.7 Å². The fourth-order valence-corrected chi connectivity index (χ4v) is 3.51. The first-order chi connectivity index (χ1) is 9.49. The second-order valence-electron chi connectivity index (χ2n) is 6.12. The molecule has 0 radical (unpaired) electrons. The van der Waals surface area contributed by atoms with Crippen LogP contribution in [0.1, 0.15) is 33.3 Å². The van der Waals surface area contributed by atoms with E-state index in [1.165, 1.54) is 6.07 Å². The molecule has 1 aromatic carbocycles. The average molecular weight is 337 g/mol. The molecule has 0 aliphatic rings. The van der Waals surface area contributed by atoms with Gasteiger partial charge in [-0.2, -0.15) is 0 Å². The van der Waals surface area contributed by atoms with Crippen LogP contribution in [0.2, 0.25) is 5.02 Å². The lowest BCUT2D eigenvalue weighted by Gasteiger charge is -2.28. The maximum atomic E-state index is 14.4. The highest BCUT2D eigenvalue weighted by molar-refractivity contribution is 7.89. The van der Waals surface area contributed by atoms with Gasteiger partial charge in [-0.3, -0.25) is 0 Å². The summed E-state index contributed by atoms with van der Waals surface area (Å²) in [6.45, 7) is 7.65. The number of hydrogen-bond donors (Lipinski definition) is 2. The quantitative estimate of drug-likeness (QED) is 0.869. The minimum atomic E-state index is -3.97. The number of hydrogen-bond acceptors (Lipinski definition) is 3. The van der Waals surface area contributed by atoms with Crippen molar-refractivity contribution in [2.75, 3.05) is 7.05 Å². The Bertz CT molecular complexity index is 612. The summed E-state index contributed by atoms with van der Waals surface area (Å²) in [5.74, 6) is -0.776. The van der Waals surface area contributed by atoms with Gasteiger partial charge in [0.1, 0.15) is 10.7 Å². The van der Waals surface area contributed by atoms with E-state index in [2.05, 4.69) is 10.0 Å².